The van der Waals surface area contributed by atoms with Crippen LogP contribution in [0.1, 0.15) is 39.3 Å². The van der Waals surface area contributed by atoms with Crippen LogP contribution in [0.3, 0.4) is 0 Å². The summed E-state index contributed by atoms with van der Waals surface area (Å²) in [5, 5.41) is 0. The van der Waals surface area contributed by atoms with E-state index < -0.39 is 0 Å². The molecule has 0 unspecified atom stereocenters. The molecule has 2 heteroatoms. The Morgan fingerprint density at radius 1 is 1.38 bits per heavy atom. The van der Waals surface area contributed by atoms with Crippen LogP contribution in [-0.4, -0.2) is 9.55 Å². The molecular weight excluding hydrogens is 160 g/mol. The zero-order valence-corrected chi connectivity index (χ0v) is 9.17. The Morgan fingerprint density at radius 3 is 2.54 bits per heavy atom. The van der Waals surface area contributed by atoms with Crippen molar-refractivity contribution in [2.24, 2.45) is 12.5 Å². The van der Waals surface area contributed by atoms with Gasteiger partial charge in [0, 0.05) is 18.9 Å². The fourth-order valence-electron chi connectivity index (χ4n) is 1.43. The molecule has 0 aromatic carbocycles. The largest absolute Gasteiger partial charge is 0.338 e. The lowest BCUT2D eigenvalue weighted by atomic mass is 9.89. The van der Waals surface area contributed by atoms with Crippen molar-refractivity contribution in [1.29, 1.82) is 0 Å². The molecule has 0 aliphatic carbocycles. The SMILES string of the molecule is Cn1cncc1CCCC(C)(C)C. The fraction of sp³-hybridized carbons (Fsp3) is 0.727. The van der Waals surface area contributed by atoms with E-state index in [0.29, 0.717) is 5.41 Å². The normalized spacial score (nSPS) is 12.0. The van der Waals surface area contributed by atoms with Crippen molar-refractivity contribution in [1.82, 2.24) is 9.55 Å². The van der Waals surface area contributed by atoms with Crippen LogP contribution >= 0.6 is 0 Å². The Bertz CT molecular complexity index is 255. The minimum absolute atomic E-state index is 0.457. The third-order valence-corrected chi connectivity index (χ3v) is 2.28. The zero-order valence-electron chi connectivity index (χ0n) is 9.17. The first-order valence-electron chi connectivity index (χ1n) is 4.94. The number of imidazole rings is 1. The van der Waals surface area contributed by atoms with Crippen LogP contribution < -0.4 is 0 Å². The van der Waals surface area contributed by atoms with E-state index in [-0.39, 0.29) is 0 Å². The Morgan fingerprint density at radius 2 is 2.08 bits per heavy atom. The molecule has 74 valence electrons. The molecule has 13 heavy (non-hydrogen) atoms. The minimum atomic E-state index is 0.457. The number of hydrogen-bond acceptors (Lipinski definition) is 1. The average Bonchev–Trinajstić information content (AvgIpc) is 2.34. The van der Waals surface area contributed by atoms with Gasteiger partial charge >= 0.3 is 0 Å². The second-order valence-electron chi connectivity index (χ2n) is 4.91. The first kappa shape index (κ1) is 10.3. The third kappa shape index (κ3) is 3.62. The van der Waals surface area contributed by atoms with Crippen molar-refractivity contribution in [3.8, 4) is 0 Å². The van der Waals surface area contributed by atoms with Gasteiger partial charge in [0.15, 0.2) is 0 Å². The maximum Gasteiger partial charge on any atom is 0.0945 e. The highest BCUT2D eigenvalue weighted by Crippen LogP contribution is 2.21. The Labute approximate surface area is 81.0 Å². The van der Waals surface area contributed by atoms with E-state index in [0.717, 1.165) is 6.42 Å². The maximum atomic E-state index is 4.10. The molecule has 1 aromatic heterocycles. The van der Waals surface area contributed by atoms with Gasteiger partial charge in [-0.25, -0.2) is 4.98 Å². The second-order valence-corrected chi connectivity index (χ2v) is 4.91. The Kier molecular flexibility index (Phi) is 3.12. The number of aryl methyl sites for hydroxylation is 2. The molecule has 0 bridgehead atoms. The molecule has 2 nitrogen and oxygen atoms in total. The van der Waals surface area contributed by atoms with E-state index in [1.807, 2.05) is 12.5 Å². The smallest absolute Gasteiger partial charge is 0.0945 e. The van der Waals surface area contributed by atoms with E-state index in [1.165, 1.54) is 18.5 Å². The van der Waals surface area contributed by atoms with E-state index >= 15 is 0 Å². The van der Waals surface area contributed by atoms with Crippen LogP contribution in [0.2, 0.25) is 0 Å². The van der Waals surface area contributed by atoms with Gasteiger partial charge in [0.1, 0.15) is 0 Å². The second kappa shape index (κ2) is 3.95. The molecule has 0 saturated heterocycles. The highest BCUT2D eigenvalue weighted by Gasteiger charge is 2.09. The summed E-state index contributed by atoms with van der Waals surface area (Å²) in [6.45, 7) is 6.86. The maximum absolute atomic E-state index is 4.10. The lowest BCUT2D eigenvalue weighted by Gasteiger charge is -2.17. The highest BCUT2D eigenvalue weighted by molar-refractivity contribution is 4.97. The van der Waals surface area contributed by atoms with E-state index in [9.17, 15) is 0 Å². The summed E-state index contributed by atoms with van der Waals surface area (Å²) in [5.74, 6) is 0. The quantitative estimate of drug-likeness (QED) is 0.699. The molecule has 1 rings (SSSR count). The van der Waals surface area contributed by atoms with Gasteiger partial charge in [0.05, 0.1) is 6.33 Å². The first-order valence-corrected chi connectivity index (χ1v) is 4.94. The molecule has 0 N–H and O–H groups in total. The molecule has 1 aromatic rings. The zero-order chi connectivity index (χ0) is 9.90. The average molecular weight is 180 g/mol. The predicted molar refractivity (Wildman–Crippen MR) is 55.6 cm³/mol. The van der Waals surface area contributed by atoms with Crippen LogP contribution in [0.4, 0.5) is 0 Å². The van der Waals surface area contributed by atoms with Crippen LogP contribution in [-0.2, 0) is 13.5 Å². The lowest BCUT2D eigenvalue weighted by Crippen LogP contribution is -2.05. The Balaban J connectivity index is 2.32. The molecule has 0 amide bonds. The lowest BCUT2D eigenvalue weighted by molar-refractivity contribution is 0.364. The van der Waals surface area contributed by atoms with Crippen molar-refractivity contribution >= 4 is 0 Å². The third-order valence-electron chi connectivity index (χ3n) is 2.28. The molecular formula is C11H20N2. The number of hydrogen-bond donors (Lipinski definition) is 0. The summed E-state index contributed by atoms with van der Waals surface area (Å²) in [5.41, 5.74) is 1.79. The predicted octanol–water partition coefficient (Wildman–Crippen LogP) is 2.79. The number of aromatic nitrogens is 2. The van der Waals surface area contributed by atoms with Gasteiger partial charge in [-0.3, -0.25) is 0 Å². The summed E-state index contributed by atoms with van der Waals surface area (Å²) < 4.78 is 2.10. The van der Waals surface area contributed by atoms with E-state index in [4.69, 9.17) is 0 Å². The highest BCUT2D eigenvalue weighted by atomic mass is 15.0. The van der Waals surface area contributed by atoms with Gasteiger partial charge in [0.25, 0.3) is 0 Å². The molecule has 0 aliphatic rings. The van der Waals surface area contributed by atoms with Crippen molar-refractivity contribution < 1.29 is 0 Å². The molecule has 0 saturated carbocycles. The molecule has 0 atom stereocenters. The summed E-state index contributed by atoms with van der Waals surface area (Å²) in [6, 6.07) is 0. The van der Waals surface area contributed by atoms with Crippen molar-refractivity contribution in [3.63, 3.8) is 0 Å². The Hall–Kier alpha value is -0.790. The monoisotopic (exact) mass is 180 g/mol. The molecule has 0 aliphatic heterocycles. The first-order chi connectivity index (χ1) is 5.99. The van der Waals surface area contributed by atoms with Gasteiger partial charge in [-0.05, 0) is 24.7 Å². The summed E-state index contributed by atoms with van der Waals surface area (Å²) in [4.78, 5) is 4.10. The molecule has 0 spiro atoms. The van der Waals surface area contributed by atoms with Gasteiger partial charge in [-0.2, -0.15) is 0 Å². The molecule has 0 radical (unpaired) electrons. The molecule has 0 fully saturated rings. The number of nitrogens with zero attached hydrogens (tertiary/aromatic N) is 2. The standard InChI is InChI=1S/C11H20N2/c1-11(2,3)7-5-6-10-8-12-9-13(10)4/h8-9H,5-7H2,1-4H3. The summed E-state index contributed by atoms with van der Waals surface area (Å²) in [7, 11) is 2.05. The van der Waals surface area contributed by atoms with Gasteiger partial charge in [-0.15, -0.1) is 0 Å². The van der Waals surface area contributed by atoms with Crippen LogP contribution in [0.25, 0.3) is 0 Å². The summed E-state index contributed by atoms with van der Waals surface area (Å²) in [6.07, 6.45) is 7.50. The van der Waals surface area contributed by atoms with Gasteiger partial charge in [0.2, 0.25) is 0 Å². The van der Waals surface area contributed by atoms with Gasteiger partial charge < -0.3 is 4.57 Å². The van der Waals surface area contributed by atoms with Gasteiger partial charge in [-0.1, -0.05) is 20.8 Å². The fourth-order valence-corrected chi connectivity index (χ4v) is 1.43. The van der Waals surface area contributed by atoms with Crippen LogP contribution in [0.5, 0.6) is 0 Å². The number of rotatable bonds is 3. The van der Waals surface area contributed by atoms with E-state index in [2.05, 4.69) is 37.4 Å². The van der Waals surface area contributed by atoms with Crippen molar-refractivity contribution in [3.05, 3.63) is 18.2 Å². The summed E-state index contributed by atoms with van der Waals surface area (Å²) >= 11 is 0. The van der Waals surface area contributed by atoms with Crippen molar-refractivity contribution in [2.75, 3.05) is 0 Å². The van der Waals surface area contributed by atoms with E-state index in [1.54, 1.807) is 0 Å². The van der Waals surface area contributed by atoms with Crippen LogP contribution in [0, 0.1) is 5.41 Å². The minimum Gasteiger partial charge on any atom is -0.338 e. The van der Waals surface area contributed by atoms with Crippen LogP contribution in [0.15, 0.2) is 12.5 Å². The van der Waals surface area contributed by atoms with Crippen molar-refractivity contribution in [2.45, 2.75) is 40.0 Å². The topological polar surface area (TPSA) is 17.8 Å². The molecule has 1 heterocycles.